The van der Waals surface area contributed by atoms with Gasteiger partial charge in [0.2, 0.25) is 0 Å². The Balaban J connectivity index is 2.06. The zero-order valence-electron chi connectivity index (χ0n) is 10.6. The van der Waals surface area contributed by atoms with Crippen LogP contribution in [0.5, 0.6) is 17.2 Å². The van der Waals surface area contributed by atoms with E-state index < -0.39 is 0 Å². The fourth-order valence-electron chi connectivity index (χ4n) is 2.15. The molecule has 0 saturated carbocycles. The molecular weight excluding hydrogens is 236 g/mol. The zero-order chi connectivity index (χ0) is 13.2. The highest BCUT2D eigenvalue weighted by molar-refractivity contribution is 5.88. The lowest BCUT2D eigenvalue weighted by molar-refractivity contribution is 0.463. The summed E-state index contributed by atoms with van der Waals surface area (Å²) in [7, 11) is 0. The lowest BCUT2D eigenvalue weighted by Gasteiger charge is -2.11. The molecule has 0 amide bonds. The van der Waals surface area contributed by atoms with Gasteiger partial charge < -0.3 is 9.84 Å². The van der Waals surface area contributed by atoms with Crippen molar-refractivity contribution >= 4 is 10.8 Å². The third-order valence-corrected chi connectivity index (χ3v) is 3.13. The highest BCUT2D eigenvalue weighted by Gasteiger charge is 2.05. The van der Waals surface area contributed by atoms with Crippen molar-refractivity contribution in [1.29, 1.82) is 0 Å². The third-order valence-electron chi connectivity index (χ3n) is 3.13. The highest BCUT2D eigenvalue weighted by Crippen LogP contribution is 2.32. The van der Waals surface area contributed by atoms with E-state index in [0.29, 0.717) is 0 Å². The summed E-state index contributed by atoms with van der Waals surface area (Å²) in [5.74, 6) is 1.84. The Morgan fingerprint density at radius 1 is 0.842 bits per heavy atom. The Morgan fingerprint density at radius 2 is 1.63 bits per heavy atom. The number of phenols is 1. The fourth-order valence-corrected chi connectivity index (χ4v) is 2.15. The number of aromatic hydroxyl groups is 1. The smallest absolute Gasteiger partial charge is 0.135 e. The summed E-state index contributed by atoms with van der Waals surface area (Å²) in [4.78, 5) is 0. The monoisotopic (exact) mass is 250 g/mol. The molecule has 3 aromatic rings. The van der Waals surface area contributed by atoms with Crippen molar-refractivity contribution in [2.45, 2.75) is 6.92 Å². The van der Waals surface area contributed by atoms with Crippen LogP contribution in [-0.2, 0) is 0 Å². The number of aryl methyl sites for hydroxylation is 1. The number of hydrogen-bond donors (Lipinski definition) is 1. The molecule has 0 bridgehead atoms. The maximum absolute atomic E-state index is 9.42. The Hall–Kier alpha value is -2.48. The first-order chi connectivity index (χ1) is 9.24. The van der Waals surface area contributed by atoms with E-state index in [4.69, 9.17) is 4.74 Å². The highest BCUT2D eigenvalue weighted by atomic mass is 16.5. The summed E-state index contributed by atoms with van der Waals surface area (Å²) in [5.41, 5.74) is 0.910. The van der Waals surface area contributed by atoms with E-state index >= 15 is 0 Å². The van der Waals surface area contributed by atoms with Gasteiger partial charge in [-0.1, -0.05) is 36.4 Å². The van der Waals surface area contributed by atoms with Crippen molar-refractivity contribution in [2.24, 2.45) is 0 Å². The molecule has 0 fully saturated rings. The van der Waals surface area contributed by atoms with Crippen molar-refractivity contribution in [3.8, 4) is 17.2 Å². The quantitative estimate of drug-likeness (QED) is 0.717. The van der Waals surface area contributed by atoms with Gasteiger partial charge in [0.05, 0.1) is 0 Å². The first-order valence-electron chi connectivity index (χ1n) is 6.19. The zero-order valence-corrected chi connectivity index (χ0v) is 10.6. The van der Waals surface area contributed by atoms with Crippen LogP contribution in [0.2, 0.25) is 0 Å². The van der Waals surface area contributed by atoms with Crippen molar-refractivity contribution in [3.63, 3.8) is 0 Å². The Kier molecular flexibility index (Phi) is 2.84. The molecule has 1 N–H and O–H groups in total. The van der Waals surface area contributed by atoms with Crippen LogP contribution in [0, 0.1) is 6.92 Å². The number of fused-ring (bicyclic) bond motifs is 1. The molecule has 0 aliphatic carbocycles. The largest absolute Gasteiger partial charge is 0.508 e. The minimum absolute atomic E-state index is 0.253. The van der Waals surface area contributed by atoms with Crippen LogP contribution in [0.4, 0.5) is 0 Å². The van der Waals surface area contributed by atoms with E-state index in [-0.39, 0.29) is 5.75 Å². The molecule has 3 aromatic carbocycles. The Morgan fingerprint density at radius 3 is 2.47 bits per heavy atom. The summed E-state index contributed by atoms with van der Waals surface area (Å²) in [6.07, 6.45) is 0. The van der Waals surface area contributed by atoms with Gasteiger partial charge in [-0.3, -0.25) is 0 Å². The van der Waals surface area contributed by atoms with Crippen LogP contribution in [0.1, 0.15) is 5.56 Å². The summed E-state index contributed by atoms with van der Waals surface area (Å²) >= 11 is 0. The van der Waals surface area contributed by atoms with Gasteiger partial charge in [0.1, 0.15) is 17.2 Å². The van der Waals surface area contributed by atoms with Crippen LogP contribution >= 0.6 is 0 Å². The summed E-state index contributed by atoms with van der Waals surface area (Å²) in [5, 5.41) is 11.7. The molecule has 0 aliphatic heterocycles. The van der Waals surface area contributed by atoms with E-state index in [1.165, 1.54) is 0 Å². The van der Waals surface area contributed by atoms with Crippen molar-refractivity contribution < 1.29 is 9.84 Å². The molecule has 0 saturated heterocycles. The Bertz CT molecular complexity index is 727. The lowest BCUT2D eigenvalue weighted by Crippen LogP contribution is -1.88. The molecule has 0 unspecified atom stereocenters. The molecule has 94 valence electrons. The molecular formula is C17H14O2. The third kappa shape index (κ3) is 2.25. The topological polar surface area (TPSA) is 29.5 Å². The molecule has 2 nitrogen and oxygen atoms in total. The van der Waals surface area contributed by atoms with Gasteiger partial charge in [0.15, 0.2) is 0 Å². The standard InChI is InChI=1S/C17H14O2/c1-12-11-14(18)9-10-16(12)19-17-8-4-6-13-5-2-3-7-15(13)17/h2-11,18H,1H3. The predicted molar refractivity (Wildman–Crippen MR) is 76.9 cm³/mol. The van der Waals surface area contributed by atoms with Gasteiger partial charge in [-0.2, -0.15) is 0 Å². The Labute approximate surface area is 111 Å². The SMILES string of the molecule is Cc1cc(O)ccc1Oc1cccc2ccccc12. The number of hydrogen-bond acceptors (Lipinski definition) is 2. The van der Waals surface area contributed by atoms with E-state index in [0.717, 1.165) is 27.8 Å². The fraction of sp³-hybridized carbons (Fsp3) is 0.0588. The first-order valence-corrected chi connectivity index (χ1v) is 6.19. The van der Waals surface area contributed by atoms with E-state index in [1.54, 1.807) is 18.2 Å². The minimum atomic E-state index is 0.253. The normalized spacial score (nSPS) is 10.6. The van der Waals surface area contributed by atoms with E-state index in [2.05, 4.69) is 12.1 Å². The van der Waals surface area contributed by atoms with Crippen LogP contribution in [0.15, 0.2) is 60.7 Å². The number of ether oxygens (including phenoxy) is 1. The van der Waals surface area contributed by atoms with E-state index in [9.17, 15) is 5.11 Å². The van der Waals surface area contributed by atoms with Crippen LogP contribution in [-0.4, -0.2) is 5.11 Å². The molecule has 3 rings (SSSR count). The number of phenolic OH excluding ortho intramolecular Hbond substituents is 1. The van der Waals surface area contributed by atoms with Gasteiger partial charge in [0.25, 0.3) is 0 Å². The maximum atomic E-state index is 9.42. The van der Waals surface area contributed by atoms with Crippen molar-refractivity contribution in [2.75, 3.05) is 0 Å². The van der Waals surface area contributed by atoms with Gasteiger partial charge in [-0.15, -0.1) is 0 Å². The van der Waals surface area contributed by atoms with Gasteiger partial charge >= 0.3 is 0 Å². The van der Waals surface area contributed by atoms with Gasteiger partial charge in [-0.05, 0) is 42.1 Å². The molecule has 0 atom stereocenters. The van der Waals surface area contributed by atoms with Crippen LogP contribution in [0.25, 0.3) is 10.8 Å². The lowest BCUT2D eigenvalue weighted by atomic mass is 10.1. The average Bonchev–Trinajstić information content (AvgIpc) is 2.42. The van der Waals surface area contributed by atoms with Crippen molar-refractivity contribution in [3.05, 3.63) is 66.2 Å². The minimum Gasteiger partial charge on any atom is -0.508 e. The second-order valence-corrected chi connectivity index (χ2v) is 4.53. The van der Waals surface area contributed by atoms with Crippen molar-refractivity contribution in [1.82, 2.24) is 0 Å². The molecule has 0 spiro atoms. The predicted octanol–water partition coefficient (Wildman–Crippen LogP) is 4.65. The molecule has 0 heterocycles. The number of rotatable bonds is 2. The number of benzene rings is 3. The molecule has 0 radical (unpaired) electrons. The molecule has 2 heteroatoms. The first kappa shape index (κ1) is 11.6. The molecule has 0 aliphatic rings. The molecule has 19 heavy (non-hydrogen) atoms. The molecule has 0 aromatic heterocycles. The van der Waals surface area contributed by atoms with Crippen LogP contribution < -0.4 is 4.74 Å². The van der Waals surface area contributed by atoms with Crippen LogP contribution in [0.3, 0.4) is 0 Å². The van der Waals surface area contributed by atoms with E-state index in [1.807, 2.05) is 37.3 Å². The summed E-state index contributed by atoms with van der Waals surface area (Å²) < 4.78 is 5.97. The second kappa shape index (κ2) is 4.65. The maximum Gasteiger partial charge on any atom is 0.135 e. The second-order valence-electron chi connectivity index (χ2n) is 4.53. The summed E-state index contributed by atoms with van der Waals surface area (Å²) in [6, 6.07) is 19.2. The summed E-state index contributed by atoms with van der Waals surface area (Å²) in [6.45, 7) is 1.92. The van der Waals surface area contributed by atoms with Gasteiger partial charge in [0, 0.05) is 5.39 Å². The van der Waals surface area contributed by atoms with Gasteiger partial charge in [-0.25, -0.2) is 0 Å². The average molecular weight is 250 g/mol.